The Bertz CT molecular complexity index is 787. The van der Waals surface area contributed by atoms with Crippen LogP contribution in [0, 0.1) is 5.82 Å². The minimum atomic E-state index is -0.261. The Morgan fingerprint density at radius 2 is 1.88 bits per heavy atom. The van der Waals surface area contributed by atoms with Crippen molar-refractivity contribution >= 4 is 17.2 Å². The number of carbonyl (C=O) groups is 1. The quantitative estimate of drug-likeness (QED) is 0.735. The third kappa shape index (κ3) is 4.39. The van der Waals surface area contributed by atoms with Crippen LogP contribution in [0.4, 0.5) is 4.39 Å². The molecule has 0 aliphatic carbocycles. The van der Waals surface area contributed by atoms with Crippen LogP contribution < -0.4 is 10.1 Å². The summed E-state index contributed by atoms with van der Waals surface area (Å²) in [6, 6.07) is 13.1. The number of thiazole rings is 1. The highest BCUT2D eigenvalue weighted by Crippen LogP contribution is 2.23. The molecule has 0 aliphatic heterocycles. The number of benzene rings is 2. The summed E-state index contributed by atoms with van der Waals surface area (Å²) in [4.78, 5) is 16.1. The fraction of sp³-hybridized carbons (Fsp3) is 0.111. The van der Waals surface area contributed by atoms with Crippen LogP contribution in [0.25, 0.3) is 0 Å². The van der Waals surface area contributed by atoms with Crippen molar-refractivity contribution in [2.45, 2.75) is 6.42 Å². The SMILES string of the molecule is O=C(NCCc1ccc(F)cc1)c1ccc(Oc2nccs2)cc1. The van der Waals surface area contributed by atoms with Gasteiger partial charge in [0, 0.05) is 23.7 Å². The zero-order valence-electron chi connectivity index (χ0n) is 12.7. The van der Waals surface area contributed by atoms with E-state index in [1.165, 1.54) is 23.5 Å². The molecule has 0 atom stereocenters. The predicted octanol–water partition coefficient (Wildman–Crippen LogP) is 4.05. The van der Waals surface area contributed by atoms with E-state index in [1.807, 2.05) is 5.38 Å². The molecule has 0 fully saturated rings. The number of ether oxygens (including phenoxy) is 1. The van der Waals surface area contributed by atoms with Crippen molar-refractivity contribution in [1.29, 1.82) is 0 Å². The van der Waals surface area contributed by atoms with Gasteiger partial charge in [-0.05, 0) is 48.4 Å². The van der Waals surface area contributed by atoms with Crippen LogP contribution in [0.1, 0.15) is 15.9 Å². The summed E-state index contributed by atoms with van der Waals surface area (Å²) in [6.45, 7) is 0.488. The Kier molecular flexibility index (Phi) is 5.18. The average Bonchev–Trinajstić information content (AvgIpc) is 3.10. The first-order valence-electron chi connectivity index (χ1n) is 7.41. The molecule has 3 rings (SSSR count). The van der Waals surface area contributed by atoms with E-state index < -0.39 is 0 Å². The maximum absolute atomic E-state index is 12.8. The van der Waals surface area contributed by atoms with Gasteiger partial charge in [0.1, 0.15) is 11.6 Å². The van der Waals surface area contributed by atoms with Gasteiger partial charge in [-0.15, -0.1) is 0 Å². The summed E-state index contributed by atoms with van der Waals surface area (Å²) in [6.07, 6.45) is 2.32. The summed E-state index contributed by atoms with van der Waals surface area (Å²) in [5.74, 6) is 0.216. The van der Waals surface area contributed by atoms with Crippen LogP contribution in [0.5, 0.6) is 10.9 Å². The lowest BCUT2D eigenvalue weighted by atomic mass is 10.1. The molecule has 1 N–H and O–H groups in total. The molecular weight excluding hydrogens is 327 g/mol. The fourth-order valence-electron chi connectivity index (χ4n) is 2.11. The molecule has 6 heteroatoms. The summed E-state index contributed by atoms with van der Waals surface area (Å²) in [5.41, 5.74) is 1.53. The molecule has 0 radical (unpaired) electrons. The first-order chi connectivity index (χ1) is 11.7. The van der Waals surface area contributed by atoms with Crippen molar-refractivity contribution in [3.8, 4) is 10.9 Å². The van der Waals surface area contributed by atoms with Crippen molar-refractivity contribution in [3.05, 3.63) is 77.1 Å². The second-order valence-corrected chi connectivity index (χ2v) is 5.91. The highest BCUT2D eigenvalue weighted by molar-refractivity contribution is 7.11. The van der Waals surface area contributed by atoms with E-state index >= 15 is 0 Å². The minimum Gasteiger partial charge on any atom is -0.431 e. The van der Waals surface area contributed by atoms with Gasteiger partial charge in [-0.2, -0.15) is 0 Å². The smallest absolute Gasteiger partial charge is 0.278 e. The second-order valence-electron chi connectivity index (χ2n) is 5.06. The monoisotopic (exact) mass is 342 g/mol. The number of nitrogens with one attached hydrogen (secondary N) is 1. The second kappa shape index (κ2) is 7.70. The van der Waals surface area contributed by atoms with Crippen LogP contribution in [-0.4, -0.2) is 17.4 Å². The molecule has 4 nitrogen and oxygen atoms in total. The number of hydrogen-bond donors (Lipinski definition) is 1. The number of carbonyl (C=O) groups excluding carboxylic acids is 1. The van der Waals surface area contributed by atoms with Gasteiger partial charge in [0.15, 0.2) is 0 Å². The van der Waals surface area contributed by atoms with Gasteiger partial charge in [0.05, 0.1) is 0 Å². The highest BCUT2D eigenvalue weighted by Gasteiger charge is 2.06. The van der Waals surface area contributed by atoms with Gasteiger partial charge in [0.2, 0.25) is 0 Å². The zero-order chi connectivity index (χ0) is 16.8. The third-order valence-electron chi connectivity index (χ3n) is 3.34. The maximum atomic E-state index is 12.8. The van der Waals surface area contributed by atoms with Crippen molar-refractivity contribution in [3.63, 3.8) is 0 Å². The first-order valence-corrected chi connectivity index (χ1v) is 8.29. The lowest BCUT2D eigenvalue weighted by Crippen LogP contribution is -2.25. The molecule has 24 heavy (non-hydrogen) atoms. The van der Waals surface area contributed by atoms with Crippen LogP contribution in [0.2, 0.25) is 0 Å². The van der Waals surface area contributed by atoms with E-state index in [9.17, 15) is 9.18 Å². The normalized spacial score (nSPS) is 10.4. The van der Waals surface area contributed by atoms with Crippen molar-refractivity contribution in [2.75, 3.05) is 6.54 Å². The van der Waals surface area contributed by atoms with Crippen LogP contribution in [0.3, 0.4) is 0 Å². The van der Waals surface area contributed by atoms with Gasteiger partial charge in [0.25, 0.3) is 11.1 Å². The van der Waals surface area contributed by atoms with Gasteiger partial charge >= 0.3 is 0 Å². The maximum Gasteiger partial charge on any atom is 0.278 e. The molecule has 0 bridgehead atoms. The van der Waals surface area contributed by atoms with Gasteiger partial charge < -0.3 is 10.1 Å². The van der Waals surface area contributed by atoms with E-state index in [4.69, 9.17) is 4.74 Å². The van der Waals surface area contributed by atoms with Crippen molar-refractivity contribution < 1.29 is 13.9 Å². The van der Waals surface area contributed by atoms with Crippen LogP contribution in [0.15, 0.2) is 60.1 Å². The molecule has 3 aromatic rings. The predicted molar refractivity (Wildman–Crippen MR) is 91.1 cm³/mol. The topological polar surface area (TPSA) is 51.2 Å². The number of amides is 1. The Balaban J connectivity index is 1.50. The van der Waals surface area contributed by atoms with Gasteiger partial charge in [-0.1, -0.05) is 23.5 Å². The third-order valence-corrected chi connectivity index (χ3v) is 3.99. The van der Waals surface area contributed by atoms with E-state index in [1.54, 1.807) is 42.6 Å². The summed E-state index contributed by atoms with van der Waals surface area (Å²) in [7, 11) is 0. The number of aromatic nitrogens is 1. The number of halogens is 1. The molecule has 1 amide bonds. The van der Waals surface area contributed by atoms with E-state index in [0.717, 1.165) is 5.56 Å². The lowest BCUT2D eigenvalue weighted by molar-refractivity contribution is 0.0954. The van der Waals surface area contributed by atoms with Crippen molar-refractivity contribution in [1.82, 2.24) is 10.3 Å². The Morgan fingerprint density at radius 1 is 1.12 bits per heavy atom. The zero-order valence-corrected chi connectivity index (χ0v) is 13.6. The Morgan fingerprint density at radius 3 is 2.54 bits per heavy atom. The molecule has 122 valence electrons. The highest BCUT2D eigenvalue weighted by atomic mass is 32.1. The van der Waals surface area contributed by atoms with Crippen LogP contribution in [-0.2, 0) is 6.42 Å². The molecule has 1 aromatic heterocycles. The lowest BCUT2D eigenvalue weighted by Gasteiger charge is -2.07. The van der Waals surface area contributed by atoms with E-state index in [2.05, 4.69) is 10.3 Å². The fourth-order valence-corrected chi connectivity index (χ4v) is 2.61. The van der Waals surface area contributed by atoms with Gasteiger partial charge in [-0.3, -0.25) is 4.79 Å². The minimum absolute atomic E-state index is 0.155. The summed E-state index contributed by atoms with van der Waals surface area (Å²) >= 11 is 1.40. The summed E-state index contributed by atoms with van der Waals surface area (Å²) in [5, 5.41) is 5.24. The van der Waals surface area contributed by atoms with E-state index in [-0.39, 0.29) is 11.7 Å². The van der Waals surface area contributed by atoms with Gasteiger partial charge in [-0.25, -0.2) is 9.37 Å². The molecule has 0 spiro atoms. The molecule has 2 aromatic carbocycles. The standard InChI is InChI=1S/C18H15FN2O2S/c19-15-5-1-13(2-6-15)9-10-20-17(22)14-3-7-16(8-4-14)23-18-21-11-12-24-18/h1-8,11-12H,9-10H2,(H,20,22). The summed E-state index contributed by atoms with van der Waals surface area (Å²) < 4.78 is 18.4. The number of nitrogens with zero attached hydrogens (tertiary/aromatic N) is 1. The Hall–Kier alpha value is -2.73. The molecule has 1 heterocycles. The Labute approximate surface area is 142 Å². The first kappa shape index (κ1) is 16.1. The molecule has 0 saturated heterocycles. The van der Waals surface area contributed by atoms with Crippen molar-refractivity contribution in [2.24, 2.45) is 0 Å². The van der Waals surface area contributed by atoms with E-state index in [0.29, 0.717) is 29.5 Å². The molecule has 0 unspecified atom stereocenters. The number of rotatable bonds is 6. The molecule has 0 aliphatic rings. The molecule has 0 saturated carbocycles. The average molecular weight is 342 g/mol. The largest absolute Gasteiger partial charge is 0.431 e. The molecular formula is C18H15FN2O2S. The van der Waals surface area contributed by atoms with Crippen LogP contribution >= 0.6 is 11.3 Å². The number of hydrogen-bond acceptors (Lipinski definition) is 4.